The highest BCUT2D eigenvalue weighted by Crippen LogP contribution is 2.27. The molecule has 0 saturated heterocycles. The number of hydrogen-bond acceptors (Lipinski definition) is 2. The summed E-state index contributed by atoms with van der Waals surface area (Å²) >= 11 is 12.2. The van der Waals surface area contributed by atoms with Crippen molar-refractivity contribution in [1.82, 2.24) is 15.1 Å². The van der Waals surface area contributed by atoms with Crippen molar-refractivity contribution in [3.05, 3.63) is 50.8 Å². The summed E-state index contributed by atoms with van der Waals surface area (Å²) in [6.45, 7) is 3.06. The molecule has 1 aromatic carbocycles. The molecule has 1 aromatic heterocycles. The maximum Gasteiger partial charge on any atom is 0.254 e. The smallest absolute Gasteiger partial charge is 0.254 e. The topological polar surface area (TPSA) is 49.0 Å². The Bertz CT molecular complexity index is 658. The molecule has 0 aliphatic carbocycles. The van der Waals surface area contributed by atoms with Gasteiger partial charge in [0.2, 0.25) is 0 Å². The van der Waals surface area contributed by atoms with Gasteiger partial charge in [-0.1, -0.05) is 23.2 Å². The maximum absolute atomic E-state index is 12.5. The lowest BCUT2D eigenvalue weighted by atomic mass is 10.1. The fourth-order valence-corrected chi connectivity index (χ4v) is 2.83. The zero-order valence-corrected chi connectivity index (χ0v) is 12.4. The molecule has 6 heteroatoms. The van der Waals surface area contributed by atoms with Crippen LogP contribution in [0.15, 0.2) is 18.3 Å². The molecule has 1 aliphatic rings. The molecule has 1 amide bonds. The summed E-state index contributed by atoms with van der Waals surface area (Å²) in [5, 5.41) is 7.99. The number of carbonyl (C=O) groups excluding carboxylic acids is 1. The van der Waals surface area contributed by atoms with Gasteiger partial charge in [-0.3, -0.25) is 9.89 Å². The lowest BCUT2D eigenvalue weighted by molar-refractivity contribution is 0.0734. The summed E-state index contributed by atoms with van der Waals surface area (Å²) < 4.78 is 0. The number of benzene rings is 1. The van der Waals surface area contributed by atoms with E-state index < -0.39 is 0 Å². The van der Waals surface area contributed by atoms with Gasteiger partial charge in [0, 0.05) is 46.4 Å². The van der Waals surface area contributed by atoms with Crippen LogP contribution >= 0.6 is 23.2 Å². The number of nitrogens with zero attached hydrogens (tertiary/aromatic N) is 2. The first-order valence-electron chi connectivity index (χ1n) is 6.32. The van der Waals surface area contributed by atoms with E-state index in [0.29, 0.717) is 28.7 Å². The standard InChI is InChI=1S/C14H13Cl2N3O/c1-8-11(15)4-9(5-12(8)16)14(20)19-3-2-13-10(7-19)6-17-18-13/h4-6H,2-3,7H2,1H3,(H,17,18). The first-order valence-corrected chi connectivity index (χ1v) is 7.08. The molecule has 0 radical (unpaired) electrons. The number of rotatable bonds is 1. The van der Waals surface area contributed by atoms with Crippen molar-refractivity contribution in [1.29, 1.82) is 0 Å². The molecule has 1 N–H and O–H groups in total. The van der Waals surface area contributed by atoms with Crippen LogP contribution in [0.5, 0.6) is 0 Å². The van der Waals surface area contributed by atoms with E-state index in [1.54, 1.807) is 23.2 Å². The molecule has 20 heavy (non-hydrogen) atoms. The molecule has 0 spiro atoms. The molecular weight excluding hydrogens is 297 g/mol. The Morgan fingerprint density at radius 2 is 2.05 bits per heavy atom. The van der Waals surface area contributed by atoms with Crippen LogP contribution in [0.3, 0.4) is 0 Å². The fourth-order valence-electron chi connectivity index (χ4n) is 2.35. The molecule has 0 saturated carbocycles. The van der Waals surface area contributed by atoms with Crippen molar-refractivity contribution in [3.63, 3.8) is 0 Å². The Balaban J connectivity index is 1.87. The number of hydrogen-bond donors (Lipinski definition) is 1. The Labute approximate surface area is 126 Å². The average Bonchev–Trinajstić information content (AvgIpc) is 2.90. The summed E-state index contributed by atoms with van der Waals surface area (Å²) in [5.74, 6) is -0.0550. The molecule has 0 atom stereocenters. The van der Waals surface area contributed by atoms with Gasteiger partial charge in [0.1, 0.15) is 0 Å². The molecule has 2 aromatic rings. The number of amides is 1. The number of H-pyrrole nitrogens is 1. The van der Waals surface area contributed by atoms with E-state index in [-0.39, 0.29) is 5.91 Å². The van der Waals surface area contributed by atoms with Crippen LogP contribution in [-0.4, -0.2) is 27.5 Å². The van der Waals surface area contributed by atoms with Crippen LogP contribution in [0, 0.1) is 6.92 Å². The van der Waals surface area contributed by atoms with Gasteiger partial charge in [-0.2, -0.15) is 5.10 Å². The Kier molecular flexibility index (Phi) is 3.44. The predicted octanol–water partition coefficient (Wildman–Crippen LogP) is 3.22. The minimum Gasteiger partial charge on any atom is -0.334 e. The summed E-state index contributed by atoms with van der Waals surface area (Å²) in [5.41, 5.74) is 3.49. The van der Waals surface area contributed by atoms with Crippen molar-refractivity contribution >= 4 is 29.1 Å². The molecule has 0 unspecified atom stereocenters. The number of carbonyl (C=O) groups is 1. The van der Waals surface area contributed by atoms with Gasteiger partial charge in [0.05, 0.1) is 6.20 Å². The van der Waals surface area contributed by atoms with Crippen LogP contribution in [-0.2, 0) is 13.0 Å². The second kappa shape index (κ2) is 5.11. The van der Waals surface area contributed by atoms with Crippen LogP contribution in [0.4, 0.5) is 0 Å². The SMILES string of the molecule is Cc1c(Cl)cc(C(=O)N2CCc3[nH]ncc3C2)cc1Cl. The minimum absolute atomic E-state index is 0.0550. The van der Waals surface area contributed by atoms with Gasteiger partial charge in [0.25, 0.3) is 5.91 Å². The van der Waals surface area contributed by atoms with Crippen LogP contribution < -0.4 is 0 Å². The highest BCUT2D eigenvalue weighted by molar-refractivity contribution is 6.36. The lowest BCUT2D eigenvalue weighted by Crippen LogP contribution is -2.35. The molecule has 104 valence electrons. The van der Waals surface area contributed by atoms with Crippen LogP contribution in [0.25, 0.3) is 0 Å². The van der Waals surface area contributed by atoms with E-state index in [1.165, 1.54) is 0 Å². The molecule has 4 nitrogen and oxygen atoms in total. The molecule has 3 rings (SSSR count). The van der Waals surface area contributed by atoms with E-state index in [0.717, 1.165) is 23.2 Å². The number of nitrogens with one attached hydrogen (secondary N) is 1. The molecule has 0 bridgehead atoms. The molecule has 2 heterocycles. The number of fused-ring (bicyclic) bond motifs is 1. The predicted molar refractivity (Wildman–Crippen MR) is 78.2 cm³/mol. The van der Waals surface area contributed by atoms with Gasteiger partial charge < -0.3 is 4.90 Å². The van der Waals surface area contributed by atoms with Crippen LogP contribution in [0.2, 0.25) is 10.0 Å². The van der Waals surface area contributed by atoms with E-state index in [1.807, 2.05) is 6.92 Å². The highest BCUT2D eigenvalue weighted by atomic mass is 35.5. The fraction of sp³-hybridized carbons (Fsp3) is 0.286. The molecular formula is C14H13Cl2N3O. The van der Waals surface area contributed by atoms with Crippen molar-refractivity contribution in [2.45, 2.75) is 19.9 Å². The van der Waals surface area contributed by atoms with Gasteiger partial charge in [-0.05, 0) is 24.6 Å². The van der Waals surface area contributed by atoms with E-state index in [9.17, 15) is 4.79 Å². The van der Waals surface area contributed by atoms with E-state index in [4.69, 9.17) is 23.2 Å². The molecule has 1 aliphatic heterocycles. The monoisotopic (exact) mass is 309 g/mol. The first-order chi connectivity index (χ1) is 9.56. The van der Waals surface area contributed by atoms with E-state index in [2.05, 4.69) is 10.2 Å². The Morgan fingerprint density at radius 3 is 2.75 bits per heavy atom. The number of halogens is 2. The summed E-state index contributed by atoms with van der Waals surface area (Å²) in [6, 6.07) is 3.35. The van der Waals surface area contributed by atoms with Gasteiger partial charge in [-0.25, -0.2) is 0 Å². The van der Waals surface area contributed by atoms with E-state index >= 15 is 0 Å². The quantitative estimate of drug-likeness (QED) is 0.879. The third-order valence-corrected chi connectivity index (χ3v) is 4.40. The third-order valence-electron chi connectivity index (χ3n) is 3.62. The first kappa shape index (κ1) is 13.5. The second-order valence-corrected chi connectivity index (χ2v) is 5.73. The van der Waals surface area contributed by atoms with Crippen LogP contribution in [0.1, 0.15) is 27.2 Å². The Morgan fingerprint density at radius 1 is 1.35 bits per heavy atom. The van der Waals surface area contributed by atoms with Crippen molar-refractivity contribution in [2.24, 2.45) is 0 Å². The third kappa shape index (κ3) is 2.30. The average molecular weight is 310 g/mol. The number of aromatic nitrogens is 2. The van der Waals surface area contributed by atoms with Gasteiger partial charge in [0.15, 0.2) is 0 Å². The van der Waals surface area contributed by atoms with Crippen molar-refractivity contribution in [3.8, 4) is 0 Å². The zero-order chi connectivity index (χ0) is 14.3. The maximum atomic E-state index is 12.5. The highest BCUT2D eigenvalue weighted by Gasteiger charge is 2.23. The zero-order valence-electron chi connectivity index (χ0n) is 10.9. The summed E-state index contributed by atoms with van der Waals surface area (Å²) in [7, 11) is 0. The summed E-state index contributed by atoms with van der Waals surface area (Å²) in [4.78, 5) is 14.3. The summed E-state index contributed by atoms with van der Waals surface area (Å²) in [6.07, 6.45) is 2.55. The van der Waals surface area contributed by atoms with Gasteiger partial charge in [-0.15, -0.1) is 0 Å². The largest absolute Gasteiger partial charge is 0.334 e. The Hall–Kier alpha value is -1.52. The van der Waals surface area contributed by atoms with Crippen molar-refractivity contribution in [2.75, 3.05) is 6.54 Å². The molecule has 0 fully saturated rings. The normalized spacial score (nSPS) is 14.2. The lowest BCUT2D eigenvalue weighted by Gasteiger charge is -2.26. The minimum atomic E-state index is -0.0550. The van der Waals surface area contributed by atoms with Gasteiger partial charge >= 0.3 is 0 Å². The second-order valence-electron chi connectivity index (χ2n) is 4.92. The number of aromatic amines is 1. The van der Waals surface area contributed by atoms with Crippen molar-refractivity contribution < 1.29 is 4.79 Å².